The normalized spacial score (nSPS) is 18.1. The van der Waals surface area contributed by atoms with E-state index in [0.717, 1.165) is 16.8 Å². The van der Waals surface area contributed by atoms with Crippen LogP contribution in [0.3, 0.4) is 0 Å². The van der Waals surface area contributed by atoms with E-state index in [-0.39, 0.29) is 5.92 Å². The topological polar surface area (TPSA) is 104 Å². The quantitative estimate of drug-likeness (QED) is 0.702. The predicted molar refractivity (Wildman–Crippen MR) is 64.3 cm³/mol. The second-order valence-electron chi connectivity index (χ2n) is 4.16. The summed E-state index contributed by atoms with van der Waals surface area (Å²) in [5.41, 5.74) is 9.08. The number of rotatable bonds is 1. The van der Waals surface area contributed by atoms with Crippen molar-refractivity contribution in [1.29, 1.82) is 5.26 Å². The number of hydrogen-bond donors (Lipinski definition) is 3. The van der Waals surface area contributed by atoms with E-state index >= 15 is 0 Å². The number of fused-ring (bicyclic) bond motifs is 1. The van der Waals surface area contributed by atoms with Crippen molar-refractivity contribution in [1.82, 2.24) is 10.2 Å². The minimum absolute atomic E-state index is 0.233. The molecule has 0 amide bonds. The summed E-state index contributed by atoms with van der Waals surface area (Å²) in [6.07, 6.45) is 3.20. The smallest absolute Gasteiger partial charge is 0.157 e. The number of aromatic amines is 1. The maximum Gasteiger partial charge on any atom is 0.157 e. The van der Waals surface area contributed by atoms with Gasteiger partial charge in [0.05, 0.1) is 30.1 Å². The van der Waals surface area contributed by atoms with E-state index in [9.17, 15) is 5.26 Å². The van der Waals surface area contributed by atoms with E-state index in [2.05, 4.69) is 21.6 Å². The number of nitrogens with two attached hydrogens (primary N) is 1. The number of aryl methyl sites for hydroxylation is 1. The van der Waals surface area contributed by atoms with Crippen molar-refractivity contribution in [3.63, 3.8) is 0 Å². The van der Waals surface area contributed by atoms with Crippen molar-refractivity contribution < 1.29 is 4.42 Å². The van der Waals surface area contributed by atoms with E-state index in [1.807, 2.05) is 13.0 Å². The lowest BCUT2D eigenvalue weighted by molar-refractivity contribution is 0.563. The van der Waals surface area contributed by atoms with Crippen molar-refractivity contribution in [2.45, 2.75) is 12.8 Å². The molecular formula is C12H11N5O. The van der Waals surface area contributed by atoms with Crippen LogP contribution in [-0.4, -0.2) is 10.2 Å². The van der Waals surface area contributed by atoms with Crippen molar-refractivity contribution in [3.8, 4) is 6.07 Å². The number of anilines is 1. The zero-order chi connectivity index (χ0) is 12.7. The minimum atomic E-state index is -0.233. The average molecular weight is 241 g/mol. The summed E-state index contributed by atoms with van der Waals surface area (Å²) in [4.78, 5) is 0. The third kappa shape index (κ3) is 1.31. The first-order valence-corrected chi connectivity index (χ1v) is 5.46. The largest absolute Gasteiger partial charge is 0.472 e. The first-order valence-electron chi connectivity index (χ1n) is 5.46. The molecule has 0 saturated carbocycles. The van der Waals surface area contributed by atoms with E-state index in [1.54, 1.807) is 12.5 Å². The molecule has 1 aliphatic rings. The SMILES string of the molecule is Cc1[nH]nc2c1C(c1ccoc1)C(C#N)=C(N)N2. The fraction of sp³-hybridized carbons (Fsp3) is 0.167. The molecule has 0 aliphatic carbocycles. The number of H-pyrrole nitrogens is 1. The molecule has 1 atom stereocenters. The van der Waals surface area contributed by atoms with Crippen LogP contribution in [0.5, 0.6) is 0 Å². The summed E-state index contributed by atoms with van der Waals surface area (Å²) >= 11 is 0. The van der Waals surface area contributed by atoms with Gasteiger partial charge < -0.3 is 15.5 Å². The number of nitriles is 1. The van der Waals surface area contributed by atoms with Crippen LogP contribution in [0, 0.1) is 18.3 Å². The summed E-state index contributed by atoms with van der Waals surface area (Å²) in [7, 11) is 0. The molecule has 1 aliphatic heterocycles. The number of furan rings is 1. The molecule has 0 radical (unpaired) electrons. The lowest BCUT2D eigenvalue weighted by Gasteiger charge is -2.23. The summed E-state index contributed by atoms with van der Waals surface area (Å²) in [6.45, 7) is 1.91. The van der Waals surface area contributed by atoms with E-state index in [0.29, 0.717) is 17.2 Å². The lowest BCUT2D eigenvalue weighted by Crippen LogP contribution is -2.22. The van der Waals surface area contributed by atoms with Gasteiger partial charge in [-0.2, -0.15) is 10.4 Å². The maximum atomic E-state index is 9.30. The highest BCUT2D eigenvalue weighted by Gasteiger charge is 2.32. The van der Waals surface area contributed by atoms with Gasteiger partial charge in [-0.05, 0) is 13.0 Å². The highest BCUT2D eigenvalue weighted by Crippen LogP contribution is 2.41. The van der Waals surface area contributed by atoms with Gasteiger partial charge in [0.25, 0.3) is 0 Å². The number of hydrogen-bond acceptors (Lipinski definition) is 5. The Morgan fingerprint density at radius 3 is 3.06 bits per heavy atom. The average Bonchev–Trinajstić information content (AvgIpc) is 2.98. The second-order valence-corrected chi connectivity index (χ2v) is 4.16. The molecule has 0 bridgehead atoms. The number of nitrogens with one attached hydrogen (secondary N) is 2. The van der Waals surface area contributed by atoms with Crippen molar-refractivity contribution in [2.24, 2.45) is 5.73 Å². The Hall–Kier alpha value is -2.68. The molecule has 0 aromatic carbocycles. The Morgan fingerprint density at radius 1 is 1.56 bits per heavy atom. The molecule has 18 heavy (non-hydrogen) atoms. The van der Waals surface area contributed by atoms with Crippen LogP contribution in [0.25, 0.3) is 0 Å². The van der Waals surface area contributed by atoms with Crippen LogP contribution < -0.4 is 11.1 Å². The Bertz CT molecular complexity index is 659. The highest BCUT2D eigenvalue weighted by molar-refractivity contribution is 5.65. The Labute approximate surface area is 103 Å². The first-order chi connectivity index (χ1) is 8.72. The molecule has 0 saturated heterocycles. The summed E-state index contributed by atoms with van der Waals surface area (Å²) in [6, 6.07) is 3.99. The summed E-state index contributed by atoms with van der Waals surface area (Å²) < 4.78 is 5.10. The molecule has 6 heteroatoms. The van der Waals surface area contributed by atoms with Gasteiger partial charge in [0.15, 0.2) is 5.82 Å². The molecule has 3 rings (SSSR count). The first kappa shape index (κ1) is 10.5. The van der Waals surface area contributed by atoms with Gasteiger partial charge in [-0.3, -0.25) is 5.10 Å². The zero-order valence-corrected chi connectivity index (χ0v) is 9.69. The predicted octanol–water partition coefficient (Wildman–Crippen LogP) is 1.56. The Morgan fingerprint density at radius 2 is 2.39 bits per heavy atom. The van der Waals surface area contributed by atoms with E-state index in [4.69, 9.17) is 10.2 Å². The molecule has 90 valence electrons. The van der Waals surface area contributed by atoms with Gasteiger partial charge in [-0.1, -0.05) is 0 Å². The molecule has 0 fully saturated rings. The van der Waals surface area contributed by atoms with Crippen molar-refractivity contribution in [3.05, 3.63) is 46.8 Å². The number of nitrogens with zero attached hydrogens (tertiary/aromatic N) is 2. The molecular weight excluding hydrogens is 230 g/mol. The third-order valence-corrected chi connectivity index (χ3v) is 3.11. The van der Waals surface area contributed by atoms with Crippen LogP contribution in [0.2, 0.25) is 0 Å². The molecule has 0 spiro atoms. The molecule has 2 aromatic heterocycles. The highest BCUT2D eigenvalue weighted by atomic mass is 16.3. The summed E-state index contributed by atoms with van der Waals surface area (Å²) in [5.74, 6) is 0.765. The zero-order valence-electron chi connectivity index (χ0n) is 9.69. The molecule has 2 aromatic rings. The number of aromatic nitrogens is 2. The summed E-state index contributed by atoms with van der Waals surface area (Å²) in [5, 5.41) is 19.3. The molecule has 3 heterocycles. The van der Waals surface area contributed by atoms with Crippen LogP contribution in [0.4, 0.5) is 5.82 Å². The second kappa shape index (κ2) is 3.67. The van der Waals surface area contributed by atoms with Gasteiger partial charge >= 0.3 is 0 Å². The van der Waals surface area contributed by atoms with Gasteiger partial charge in [-0.25, -0.2) is 0 Å². The van der Waals surface area contributed by atoms with E-state index in [1.165, 1.54) is 0 Å². The van der Waals surface area contributed by atoms with Gasteiger partial charge in [0.1, 0.15) is 5.82 Å². The molecule has 1 unspecified atom stereocenters. The monoisotopic (exact) mass is 241 g/mol. The van der Waals surface area contributed by atoms with Crippen LogP contribution >= 0.6 is 0 Å². The molecule has 6 nitrogen and oxygen atoms in total. The van der Waals surface area contributed by atoms with Gasteiger partial charge in [0, 0.05) is 16.8 Å². The van der Waals surface area contributed by atoms with Crippen molar-refractivity contribution in [2.75, 3.05) is 5.32 Å². The minimum Gasteiger partial charge on any atom is -0.472 e. The van der Waals surface area contributed by atoms with E-state index < -0.39 is 0 Å². The lowest BCUT2D eigenvalue weighted by atomic mass is 9.84. The molecule has 4 N–H and O–H groups in total. The Kier molecular flexibility index (Phi) is 2.13. The Balaban J connectivity index is 2.25. The fourth-order valence-corrected chi connectivity index (χ4v) is 2.28. The van der Waals surface area contributed by atoms with Crippen molar-refractivity contribution >= 4 is 5.82 Å². The van der Waals surface area contributed by atoms with Crippen LogP contribution in [0.15, 0.2) is 34.4 Å². The van der Waals surface area contributed by atoms with Crippen LogP contribution in [0.1, 0.15) is 22.7 Å². The number of allylic oxidation sites excluding steroid dienone is 1. The van der Waals surface area contributed by atoms with Gasteiger partial charge in [0.2, 0.25) is 0 Å². The standard InChI is InChI=1S/C12H11N5O/c1-6-9-10(7-2-3-18-5-7)8(4-13)11(14)15-12(9)17-16-6/h2-3,5,10H,14H2,1H3,(H2,15,16,17). The maximum absolute atomic E-state index is 9.30. The van der Waals surface area contributed by atoms with Crippen LogP contribution in [-0.2, 0) is 0 Å². The van der Waals surface area contributed by atoms with Gasteiger partial charge in [-0.15, -0.1) is 0 Å². The third-order valence-electron chi connectivity index (χ3n) is 3.11. The fourth-order valence-electron chi connectivity index (χ4n) is 2.28.